The molecule has 1 aliphatic heterocycles. The van der Waals surface area contributed by atoms with Crippen LogP contribution in [-0.2, 0) is 10.9 Å². The number of halogens is 3. The molecule has 1 saturated heterocycles. The Morgan fingerprint density at radius 3 is 2.46 bits per heavy atom. The van der Waals surface area contributed by atoms with E-state index in [2.05, 4.69) is 0 Å². The largest absolute Gasteiger partial charge is 0.465 e. The SMILES string of the molecule is CC(C)(C)N(C(=O)O)C(CN1CCOC1=O)c1cccc(C(F)(F)F)c1. The second-order valence-electron chi connectivity index (χ2n) is 7.02. The highest BCUT2D eigenvalue weighted by atomic mass is 19.4. The van der Waals surface area contributed by atoms with Crippen molar-refractivity contribution in [1.29, 1.82) is 0 Å². The first-order valence-electron chi connectivity index (χ1n) is 8.02. The van der Waals surface area contributed by atoms with Crippen LogP contribution in [0.2, 0.25) is 0 Å². The van der Waals surface area contributed by atoms with Crippen LogP contribution in [0.5, 0.6) is 0 Å². The second kappa shape index (κ2) is 7.05. The molecule has 6 nitrogen and oxygen atoms in total. The van der Waals surface area contributed by atoms with Gasteiger partial charge in [0.1, 0.15) is 6.61 Å². The Kier molecular flexibility index (Phi) is 5.39. The third kappa shape index (κ3) is 4.39. The second-order valence-corrected chi connectivity index (χ2v) is 7.02. The average Bonchev–Trinajstić information content (AvgIpc) is 2.89. The molecule has 1 aromatic carbocycles. The monoisotopic (exact) mass is 374 g/mol. The fraction of sp³-hybridized carbons (Fsp3) is 0.529. The third-order valence-electron chi connectivity index (χ3n) is 4.08. The molecular weight excluding hydrogens is 353 g/mol. The van der Waals surface area contributed by atoms with Gasteiger partial charge in [0.25, 0.3) is 0 Å². The quantitative estimate of drug-likeness (QED) is 0.866. The van der Waals surface area contributed by atoms with Crippen LogP contribution < -0.4 is 0 Å². The minimum Gasteiger partial charge on any atom is -0.465 e. The van der Waals surface area contributed by atoms with Crippen LogP contribution in [0.25, 0.3) is 0 Å². The minimum absolute atomic E-state index is 0.0935. The van der Waals surface area contributed by atoms with Gasteiger partial charge in [-0.15, -0.1) is 0 Å². The number of carbonyl (C=O) groups excluding carboxylic acids is 1. The molecule has 2 rings (SSSR count). The summed E-state index contributed by atoms with van der Waals surface area (Å²) >= 11 is 0. The molecular formula is C17H21F3N2O4. The van der Waals surface area contributed by atoms with Crippen molar-refractivity contribution in [3.8, 4) is 0 Å². The number of cyclic esters (lactones) is 1. The first-order valence-corrected chi connectivity index (χ1v) is 8.02. The topological polar surface area (TPSA) is 70.1 Å². The number of alkyl halides is 3. The fourth-order valence-electron chi connectivity index (χ4n) is 2.95. The van der Waals surface area contributed by atoms with E-state index in [-0.39, 0.29) is 25.3 Å². The molecule has 1 atom stereocenters. The van der Waals surface area contributed by atoms with E-state index in [4.69, 9.17) is 4.74 Å². The van der Waals surface area contributed by atoms with Crippen LogP contribution in [0, 0.1) is 0 Å². The van der Waals surface area contributed by atoms with Gasteiger partial charge in [-0.1, -0.05) is 12.1 Å². The predicted molar refractivity (Wildman–Crippen MR) is 86.7 cm³/mol. The zero-order valence-corrected chi connectivity index (χ0v) is 14.7. The molecule has 0 radical (unpaired) electrons. The number of carboxylic acid groups (broad SMARTS) is 1. The number of hydrogen-bond acceptors (Lipinski definition) is 3. The number of hydrogen-bond donors (Lipinski definition) is 1. The molecule has 1 N–H and O–H groups in total. The van der Waals surface area contributed by atoms with E-state index in [1.165, 1.54) is 17.0 Å². The van der Waals surface area contributed by atoms with Crippen molar-refractivity contribution < 1.29 is 32.6 Å². The Morgan fingerprint density at radius 1 is 1.35 bits per heavy atom. The zero-order valence-electron chi connectivity index (χ0n) is 14.7. The van der Waals surface area contributed by atoms with Crippen LogP contribution in [0.3, 0.4) is 0 Å². The van der Waals surface area contributed by atoms with Crippen LogP contribution in [-0.4, -0.2) is 52.3 Å². The number of benzene rings is 1. The van der Waals surface area contributed by atoms with Gasteiger partial charge >= 0.3 is 18.4 Å². The molecule has 0 saturated carbocycles. The summed E-state index contributed by atoms with van der Waals surface area (Å²) in [5.74, 6) is 0. The van der Waals surface area contributed by atoms with Gasteiger partial charge in [-0.25, -0.2) is 9.59 Å². The summed E-state index contributed by atoms with van der Waals surface area (Å²) in [5.41, 5.74) is -1.60. The van der Waals surface area contributed by atoms with E-state index in [9.17, 15) is 27.9 Å². The third-order valence-corrected chi connectivity index (χ3v) is 4.08. The number of carbonyl (C=O) groups is 2. The van der Waals surface area contributed by atoms with Gasteiger partial charge in [0, 0.05) is 12.1 Å². The standard InChI is InChI=1S/C17H21F3N2O4/c1-16(2,3)22(14(23)24)13(10-21-7-8-26-15(21)25)11-5-4-6-12(9-11)17(18,19)20/h4-6,9,13H,7-8,10H2,1-3H3,(H,23,24). The van der Waals surface area contributed by atoms with Gasteiger partial charge in [0.2, 0.25) is 0 Å². The van der Waals surface area contributed by atoms with Crippen LogP contribution in [0.15, 0.2) is 24.3 Å². The van der Waals surface area contributed by atoms with E-state index in [0.717, 1.165) is 17.0 Å². The number of nitrogens with zero attached hydrogens (tertiary/aromatic N) is 2. The maximum atomic E-state index is 13.1. The van der Waals surface area contributed by atoms with Gasteiger partial charge in [-0.05, 0) is 38.5 Å². The van der Waals surface area contributed by atoms with E-state index in [0.29, 0.717) is 0 Å². The highest BCUT2D eigenvalue weighted by Gasteiger charge is 2.38. The Balaban J connectivity index is 2.49. The highest BCUT2D eigenvalue weighted by molar-refractivity contribution is 5.70. The molecule has 0 aromatic heterocycles. The van der Waals surface area contributed by atoms with E-state index < -0.39 is 35.5 Å². The lowest BCUT2D eigenvalue weighted by atomic mass is 9.96. The number of rotatable bonds is 4. The summed E-state index contributed by atoms with van der Waals surface area (Å²) in [6.45, 7) is 5.25. The predicted octanol–water partition coefficient (Wildman–Crippen LogP) is 3.98. The zero-order chi connectivity index (χ0) is 19.7. The minimum atomic E-state index is -4.55. The Labute approximate surface area is 149 Å². The van der Waals surface area contributed by atoms with E-state index in [1.54, 1.807) is 20.8 Å². The summed E-state index contributed by atoms with van der Waals surface area (Å²) < 4.78 is 44.1. The summed E-state index contributed by atoms with van der Waals surface area (Å²) in [6.07, 6.45) is -6.45. The summed E-state index contributed by atoms with van der Waals surface area (Å²) in [4.78, 5) is 26.0. The van der Waals surface area contributed by atoms with Crippen molar-refractivity contribution in [3.05, 3.63) is 35.4 Å². The smallest absolute Gasteiger partial charge is 0.416 e. The lowest BCUT2D eigenvalue weighted by Gasteiger charge is -2.41. The molecule has 1 fully saturated rings. The molecule has 9 heteroatoms. The molecule has 0 bridgehead atoms. The Morgan fingerprint density at radius 2 is 2.00 bits per heavy atom. The summed E-state index contributed by atoms with van der Waals surface area (Å²) in [5, 5.41) is 9.68. The van der Waals surface area contributed by atoms with Gasteiger partial charge in [0.05, 0.1) is 18.2 Å². The van der Waals surface area contributed by atoms with Crippen LogP contribution >= 0.6 is 0 Å². The maximum absolute atomic E-state index is 13.1. The van der Waals surface area contributed by atoms with E-state index in [1.807, 2.05) is 0 Å². The van der Waals surface area contributed by atoms with Crippen molar-refractivity contribution in [2.24, 2.45) is 0 Å². The van der Waals surface area contributed by atoms with E-state index >= 15 is 0 Å². The van der Waals surface area contributed by atoms with Gasteiger partial charge in [-0.2, -0.15) is 13.2 Å². The van der Waals surface area contributed by atoms with Crippen LogP contribution in [0.1, 0.15) is 37.9 Å². The Hall–Kier alpha value is -2.45. The van der Waals surface area contributed by atoms with Crippen molar-refractivity contribution in [2.45, 2.75) is 38.5 Å². The summed E-state index contributed by atoms with van der Waals surface area (Å²) in [6, 6.07) is 3.54. The molecule has 1 aromatic rings. The van der Waals surface area contributed by atoms with Crippen molar-refractivity contribution in [2.75, 3.05) is 19.7 Å². The highest BCUT2D eigenvalue weighted by Crippen LogP contribution is 2.34. The normalized spacial score (nSPS) is 16.4. The summed E-state index contributed by atoms with van der Waals surface area (Å²) in [7, 11) is 0. The molecule has 1 unspecified atom stereocenters. The van der Waals surface area contributed by atoms with Gasteiger partial charge in [0.15, 0.2) is 0 Å². The molecule has 2 amide bonds. The van der Waals surface area contributed by atoms with Crippen molar-refractivity contribution in [3.63, 3.8) is 0 Å². The fourth-order valence-corrected chi connectivity index (χ4v) is 2.95. The Bertz CT molecular complexity index is 685. The number of ether oxygens (including phenoxy) is 1. The average molecular weight is 374 g/mol. The number of amides is 2. The molecule has 0 aliphatic carbocycles. The van der Waals surface area contributed by atoms with Gasteiger partial charge < -0.3 is 14.7 Å². The van der Waals surface area contributed by atoms with Crippen molar-refractivity contribution in [1.82, 2.24) is 9.80 Å². The van der Waals surface area contributed by atoms with Crippen LogP contribution in [0.4, 0.5) is 22.8 Å². The molecule has 1 heterocycles. The maximum Gasteiger partial charge on any atom is 0.416 e. The first kappa shape index (κ1) is 19.9. The molecule has 26 heavy (non-hydrogen) atoms. The first-order chi connectivity index (χ1) is 11.9. The molecule has 0 spiro atoms. The van der Waals surface area contributed by atoms with Gasteiger partial charge in [-0.3, -0.25) is 4.90 Å². The van der Waals surface area contributed by atoms with Crippen molar-refractivity contribution >= 4 is 12.2 Å². The lowest BCUT2D eigenvalue weighted by molar-refractivity contribution is -0.137. The lowest BCUT2D eigenvalue weighted by Crippen LogP contribution is -2.50. The molecule has 144 valence electrons. The molecule has 1 aliphatic rings.